The van der Waals surface area contributed by atoms with Crippen LogP contribution in [0.3, 0.4) is 0 Å². The number of benzene rings is 6. The van der Waals surface area contributed by atoms with E-state index in [2.05, 4.69) is 9.98 Å². The van der Waals surface area contributed by atoms with Crippen molar-refractivity contribution in [3.63, 3.8) is 0 Å². The van der Waals surface area contributed by atoms with E-state index in [-0.39, 0.29) is 59.3 Å². The van der Waals surface area contributed by atoms with E-state index in [9.17, 15) is 9.59 Å². The normalized spacial score (nSPS) is 24.2. The maximum absolute atomic E-state index is 11.9. The summed E-state index contributed by atoms with van der Waals surface area (Å²) in [6, 6.07) is 58.4. The highest BCUT2D eigenvalue weighted by atomic mass is 16.8. The van der Waals surface area contributed by atoms with Gasteiger partial charge in [0.05, 0.1) is 52.7 Å². The van der Waals surface area contributed by atoms with Crippen LogP contribution in [-0.4, -0.2) is 86.7 Å². The Hall–Kier alpha value is -6.28. The van der Waals surface area contributed by atoms with Crippen molar-refractivity contribution in [3.8, 4) is 0 Å². The quantitative estimate of drug-likeness (QED) is 0.0402. The number of nitrogens with zero attached hydrogens (tertiary/aromatic N) is 2. The van der Waals surface area contributed by atoms with Gasteiger partial charge in [0, 0.05) is 0 Å². The van der Waals surface area contributed by atoms with Crippen LogP contribution in [0.2, 0.25) is 0 Å². The van der Waals surface area contributed by atoms with Gasteiger partial charge in [0.15, 0.2) is 6.29 Å². The van der Waals surface area contributed by atoms with Gasteiger partial charge < -0.3 is 42.6 Å². The molecule has 0 bridgehead atoms. The van der Waals surface area contributed by atoms with Crippen molar-refractivity contribution in [2.45, 2.75) is 94.4 Å². The summed E-state index contributed by atoms with van der Waals surface area (Å²) in [5, 5.41) is 0. The highest BCUT2D eigenvalue weighted by Crippen LogP contribution is 2.42. The van der Waals surface area contributed by atoms with E-state index in [1.807, 2.05) is 182 Å². The zero-order valence-corrected chi connectivity index (χ0v) is 38.2. The predicted molar refractivity (Wildman–Crippen MR) is 255 cm³/mol. The molecule has 9 atom stereocenters. The van der Waals surface area contributed by atoms with E-state index in [0.717, 1.165) is 33.4 Å². The van der Waals surface area contributed by atoms with E-state index in [1.54, 1.807) is 12.2 Å². The van der Waals surface area contributed by atoms with Gasteiger partial charge in [0.1, 0.15) is 49.3 Å². The Morgan fingerprint density at radius 1 is 0.420 bits per heavy atom. The largest absolute Gasteiger partial charge is 0.371 e. The van der Waals surface area contributed by atoms with E-state index in [1.165, 1.54) is 0 Å². The van der Waals surface area contributed by atoms with E-state index < -0.39 is 54.8 Å². The zero-order valence-electron chi connectivity index (χ0n) is 38.2. The highest BCUT2D eigenvalue weighted by molar-refractivity contribution is 5.33. The maximum Gasteiger partial charge on any atom is 0.235 e. The number of aliphatic imine (C=N–C) groups is 2. The minimum absolute atomic E-state index is 0.127. The molecule has 0 N–H and O–H groups in total. The van der Waals surface area contributed by atoms with Crippen molar-refractivity contribution >= 4 is 12.2 Å². The minimum Gasteiger partial charge on any atom is -0.371 e. The van der Waals surface area contributed by atoms with Gasteiger partial charge in [-0.15, -0.1) is 0 Å². The lowest BCUT2D eigenvalue weighted by Gasteiger charge is -2.48. The van der Waals surface area contributed by atoms with Crippen molar-refractivity contribution in [2.24, 2.45) is 9.98 Å². The Balaban J connectivity index is 1.23. The Morgan fingerprint density at radius 2 is 0.783 bits per heavy atom. The summed E-state index contributed by atoms with van der Waals surface area (Å²) in [6.07, 6.45) is -4.46. The lowest BCUT2D eigenvalue weighted by Crippen LogP contribution is -2.64. The number of ether oxygens (including phenoxy) is 9. The molecule has 13 heteroatoms. The zero-order chi connectivity index (χ0) is 47.4. The van der Waals surface area contributed by atoms with Gasteiger partial charge in [-0.05, 0) is 33.4 Å². The number of carbonyl (C=O) groups excluding carboxylic acids is 2. The average molecular weight is 933 g/mol. The molecule has 69 heavy (non-hydrogen) atoms. The molecule has 0 radical (unpaired) electrons. The molecule has 0 spiro atoms. The Morgan fingerprint density at radius 3 is 1.22 bits per heavy atom. The minimum atomic E-state index is -1.83. The van der Waals surface area contributed by atoms with Crippen LogP contribution in [0.1, 0.15) is 33.4 Å². The number of rotatable bonds is 25. The first-order chi connectivity index (χ1) is 34.1. The second-order valence-electron chi connectivity index (χ2n) is 16.7. The summed E-state index contributed by atoms with van der Waals surface area (Å²) in [6.45, 7) is 0.485. The fraction of sp³-hybridized carbons (Fsp3) is 0.321. The average Bonchev–Trinajstić information content (AvgIpc) is 3.69. The van der Waals surface area contributed by atoms with Gasteiger partial charge >= 0.3 is 0 Å². The highest BCUT2D eigenvalue weighted by Gasteiger charge is 2.61. The second-order valence-corrected chi connectivity index (χ2v) is 16.7. The molecule has 13 nitrogen and oxygen atoms in total. The standard InChI is InChI=1S/C56H56N2O11/c59-40-57-31-48-50(62-34-43-21-9-2-10-22-43)52(64-36-45-25-13-4-14-26-45)53(65-37-46-27-15-5-16-28-46)55(67-48)69-56(39-61-33-42-19-7-1-8-20-42)54(66-38-47-29-17-6-18-30-47)51(49(68-56)32-58-41-60)63-35-44-23-11-3-12-24-44/h1-30,48-55H,31-39H2/t48-,49-,50-,51-,52+,53-,54+,55-,56+/m1/s1. The number of isocyanates is 2. The molecule has 0 amide bonds. The lowest BCUT2D eigenvalue weighted by molar-refractivity contribution is -0.395. The third-order valence-corrected chi connectivity index (χ3v) is 11.9. The van der Waals surface area contributed by atoms with Gasteiger partial charge in [-0.1, -0.05) is 182 Å². The van der Waals surface area contributed by atoms with Crippen LogP contribution < -0.4 is 0 Å². The first kappa shape index (κ1) is 49.2. The van der Waals surface area contributed by atoms with Gasteiger partial charge in [-0.3, -0.25) is 0 Å². The van der Waals surface area contributed by atoms with Crippen LogP contribution in [0, 0.1) is 0 Å². The summed E-state index contributed by atoms with van der Waals surface area (Å²) in [7, 11) is 0. The summed E-state index contributed by atoms with van der Waals surface area (Å²) < 4.78 is 62.3. The maximum atomic E-state index is 11.9. The monoisotopic (exact) mass is 932 g/mol. The van der Waals surface area contributed by atoms with Crippen molar-refractivity contribution in [2.75, 3.05) is 19.7 Å². The number of hydrogen-bond acceptors (Lipinski definition) is 13. The van der Waals surface area contributed by atoms with Crippen LogP contribution in [0.25, 0.3) is 0 Å². The van der Waals surface area contributed by atoms with Crippen LogP contribution in [-0.2, 0) is 91.9 Å². The topological polar surface area (TPSA) is 142 Å². The third kappa shape index (κ3) is 13.9. The lowest BCUT2D eigenvalue weighted by atomic mass is 9.97. The molecule has 6 aromatic rings. The Kier molecular flexibility index (Phi) is 18.5. The molecule has 0 saturated carbocycles. The van der Waals surface area contributed by atoms with Crippen molar-refractivity contribution < 1.29 is 52.2 Å². The first-order valence-corrected chi connectivity index (χ1v) is 23.1. The summed E-state index contributed by atoms with van der Waals surface area (Å²) in [5.74, 6) is -1.83. The molecule has 6 aromatic carbocycles. The van der Waals surface area contributed by atoms with E-state index in [4.69, 9.17) is 42.6 Å². The van der Waals surface area contributed by atoms with Crippen LogP contribution in [0.15, 0.2) is 192 Å². The van der Waals surface area contributed by atoms with Gasteiger partial charge in [-0.25, -0.2) is 19.6 Å². The van der Waals surface area contributed by atoms with E-state index >= 15 is 0 Å². The second kappa shape index (κ2) is 25.9. The molecule has 0 aromatic heterocycles. The first-order valence-electron chi connectivity index (χ1n) is 23.1. The van der Waals surface area contributed by atoms with Crippen molar-refractivity contribution in [1.82, 2.24) is 0 Å². The van der Waals surface area contributed by atoms with Gasteiger partial charge in [0.25, 0.3) is 0 Å². The Bertz CT molecular complexity index is 2500. The Labute approximate surface area is 402 Å². The summed E-state index contributed by atoms with van der Waals surface area (Å²) in [5.41, 5.74) is 5.39. The predicted octanol–water partition coefficient (Wildman–Crippen LogP) is 8.64. The van der Waals surface area contributed by atoms with Crippen LogP contribution in [0.5, 0.6) is 0 Å². The molecule has 2 fully saturated rings. The molecule has 2 heterocycles. The van der Waals surface area contributed by atoms with Crippen molar-refractivity contribution in [3.05, 3.63) is 215 Å². The molecular formula is C56H56N2O11. The van der Waals surface area contributed by atoms with Crippen LogP contribution in [0.4, 0.5) is 0 Å². The van der Waals surface area contributed by atoms with E-state index in [0.29, 0.717) is 0 Å². The molecule has 2 aliphatic rings. The molecule has 356 valence electrons. The molecule has 8 rings (SSSR count). The molecule has 0 aliphatic carbocycles. The molecular weight excluding hydrogens is 877 g/mol. The van der Waals surface area contributed by atoms with Gasteiger partial charge in [-0.2, -0.15) is 0 Å². The molecule has 0 unspecified atom stereocenters. The number of hydrogen-bond donors (Lipinski definition) is 0. The summed E-state index contributed by atoms with van der Waals surface area (Å²) >= 11 is 0. The van der Waals surface area contributed by atoms with Gasteiger partial charge in [0.2, 0.25) is 17.9 Å². The fourth-order valence-electron chi connectivity index (χ4n) is 8.49. The molecule has 2 saturated heterocycles. The van der Waals surface area contributed by atoms with Crippen LogP contribution >= 0.6 is 0 Å². The molecule has 2 aliphatic heterocycles. The fourth-order valence-corrected chi connectivity index (χ4v) is 8.49. The van der Waals surface area contributed by atoms with Crippen molar-refractivity contribution in [1.29, 1.82) is 0 Å². The summed E-state index contributed by atoms with van der Waals surface area (Å²) in [4.78, 5) is 31.7. The third-order valence-electron chi connectivity index (χ3n) is 11.9. The smallest absolute Gasteiger partial charge is 0.235 e. The SMILES string of the molecule is O=C=NC[C@H]1O[C@@](COCc2ccccc2)(O[C@H]2O[C@H](CN=C=O)[C@@H](OCc3ccccc3)[C@H](OCc3ccccc3)[C@H]2OCc2ccccc2)[C@@H](OCc2ccccc2)[C@@H]1OCc1ccccc1.